The second kappa shape index (κ2) is 14.2. The normalized spacial score (nSPS) is 14.1. The maximum atomic E-state index is 9.79. The van der Waals surface area contributed by atoms with Crippen LogP contribution in [-0.2, 0) is 5.41 Å². The molecule has 1 heterocycles. The molecule has 1 spiro atoms. The highest BCUT2D eigenvalue weighted by Crippen LogP contribution is 2.66. The number of hydrogen-bond acceptors (Lipinski definition) is 5. The summed E-state index contributed by atoms with van der Waals surface area (Å²) in [5.74, 6) is 1.82. The van der Waals surface area contributed by atoms with Gasteiger partial charge < -0.3 is 0 Å². The topological polar surface area (TPSA) is 86.2 Å². The van der Waals surface area contributed by atoms with Gasteiger partial charge in [-0.2, -0.15) is 10.5 Å². The first-order valence-corrected chi connectivity index (χ1v) is 21.0. The number of fused-ring (bicyclic) bond motifs is 12. The van der Waals surface area contributed by atoms with Crippen LogP contribution in [-0.4, -0.2) is 15.0 Å². The monoisotopic (exact) mass is 799 g/mol. The van der Waals surface area contributed by atoms with Gasteiger partial charge >= 0.3 is 0 Å². The van der Waals surface area contributed by atoms with E-state index in [9.17, 15) is 10.5 Å². The average molecular weight is 800 g/mol. The van der Waals surface area contributed by atoms with Crippen molar-refractivity contribution in [3.8, 4) is 90.8 Å². The highest BCUT2D eigenvalue weighted by Gasteiger charge is 2.53. The molecule has 2 aliphatic rings. The molecule has 10 aromatic rings. The molecule has 12 rings (SSSR count). The van der Waals surface area contributed by atoms with Crippen LogP contribution < -0.4 is 0 Å². The number of nitrogens with zero attached hydrogens (tertiary/aromatic N) is 5. The molecule has 5 heteroatoms. The summed E-state index contributed by atoms with van der Waals surface area (Å²) in [6.45, 7) is 0. The van der Waals surface area contributed by atoms with Crippen LogP contribution in [0.2, 0.25) is 0 Å². The summed E-state index contributed by atoms with van der Waals surface area (Å²) in [6.07, 6.45) is 0. The predicted molar refractivity (Wildman–Crippen MR) is 250 cm³/mol. The molecule has 0 aliphatic heterocycles. The van der Waals surface area contributed by atoms with Crippen molar-refractivity contribution in [3.05, 3.63) is 234 Å². The lowest BCUT2D eigenvalue weighted by molar-refractivity contribution is 0.795. The van der Waals surface area contributed by atoms with Crippen LogP contribution in [0, 0.1) is 22.7 Å². The Balaban J connectivity index is 1.21. The third kappa shape index (κ3) is 5.44. The fourth-order valence-electron chi connectivity index (χ4n) is 10.1. The quantitative estimate of drug-likeness (QED) is 0.173. The van der Waals surface area contributed by atoms with Gasteiger partial charge in [-0.3, -0.25) is 0 Å². The molecule has 1 atom stereocenters. The molecule has 0 saturated carbocycles. The lowest BCUT2D eigenvalue weighted by Gasteiger charge is -2.31. The SMILES string of the molecule is N#Cc1ccc(-c2cc(-c3ccc(C#N)cc3)c3c(c2)C2(c4ccccc4-3)c3ccccc3-c3c2cc(-c2nc(-c4ccccc4)nc(-c4ccccc4)n2)c2ccccc32)cc1. The molecule has 0 saturated heterocycles. The molecule has 0 radical (unpaired) electrons. The van der Waals surface area contributed by atoms with Gasteiger partial charge in [0, 0.05) is 16.7 Å². The number of nitriles is 2. The summed E-state index contributed by atoms with van der Waals surface area (Å²) in [5.41, 5.74) is 16.8. The summed E-state index contributed by atoms with van der Waals surface area (Å²) in [5, 5.41) is 21.7. The molecule has 0 bridgehead atoms. The fourth-order valence-corrected chi connectivity index (χ4v) is 10.1. The fraction of sp³-hybridized carbons (Fsp3) is 0.0172. The van der Waals surface area contributed by atoms with Gasteiger partial charge in [-0.05, 0) is 120 Å². The van der Waals surface area contributed by atoms with E-state index in [1.807, 2.05) is 97.1 Å². The smallest absolute Gasteiger partial charge is 0.164 e. The maximum absolute atomic E-state index is 9.79. The van der Waals surface area contributed by atoms with Gasteiger partial charge in [0.1, 0.15) is 0 Å². The van der Waals surface area contributed by atoms with Crippen molar-refractivity contribution in [1.29, 1.82) is 10.5 Å². The largest absolute Gasteiger partial charge is 0.208 e. The first-order valence-electron chi connectivity index (χ1n) is 21.0. The molecule has 1 unspecified atom stereocenters. The van der Waals surface area contributed by atoms with Crippen molar-refractivity contribution in [2.75, 3.05) is 0 Å². The third-order valence-corrected chi connectivity index (χ3v) is 12.8. The van der Waals surface area contributed by atoms with E-state index in [-0.39, 0.29) is 0 Å². The predicted octanol–water partition coefficient (Wildman–Crippen LogP) is 13.4. The Morgan fingerprint density at radius 2 is 0.794 bits per heavy atom. The number of benzene rings is 9. The number of hydrogen-bond donors (Lipinski definition) is 0. The summed E-state index contributed by atoms with van der Waals surface area (Å²) in [6, 6.07) is 73.9. The van der Waals surface area contributed by atoms with Gasteiger partial charge in [-0.25, -0.2) is 15.0 Å². The van der Waals surface area contributed by atoms with Crippen LogP contribution in [0.1, 0.15) is 33.4 Å². The summed E-state index contributed by atoms with van der Waals surface area (Å²) < 4.78 is 0. The zero-order chi connectivity index (χ0) is 42.1. The number of rotatable bonds is 5. The molecule has 0 amide bonds. The second-order valence-electron chi connectivity index (χ2n) is 16.1. The molecule has 5 nitrogen and oxygen atoms in total. The van der Waals surface area contributed by atoms with Crippen molar-refractivity contribution < 1.29 is 0 Å². The first-order chi connectivity index (χ1) is 31.1. The third-order valence-electron chi connectivity index (χ3n) is 12.8. The van der Waals surface area contributed by atoms with Gasteiger partial charge in [0.2, 0.25) is 0 Å². The van der Waals surface area contributed by atoms with Gasteiger partial charge in [0.15, 0.2) is 17.5 Å². The van der Waals surface area contributed by atoms with E-state index < -0.39 is 5.41 Å². The standard InChI is InChI=1S/C58H33N5/c59-34-36-23-27-38(28-24-36)42-31-47(39-29-25-37(35-60)26-30-39)54-46-20-10-12-22-50(46)58(51(54)32-42)49-21-11-9-19-45(49)53-44-18-8-7-17-43(44)48(33-52(53)58)57-62-55(40-13-3-1-4-14-40)61-56(63-57)41-15-5-2-6-16-41/h1-33H. The van der Waals surface area contributed by atoms with Gasteiger partial charge in [-0.15, -0.1) is 0 Å². The molecule has 0 N–H and O–H groups in total. The molecule has 9 aromatic carbocycles. The van der Waals surface area contributed by atoms with Gasteiger partial charge in [0.05, 0.1) is 28.7 Å². The average Bonchev–Trinajstić information content (AvgIpc) is 3.84. The van der Waals surface area contributed by atoms with Crippen LogP contribution >= 0.6 is 0 Å². The highest BCUT2D eigenvalue weighted by molar-refractivity contribution is 6.11. The highest BCUT2D eigenvalue weighted by atomic mass is 15.0. The zero-order valence-corrected chi connectivity index (χ0v) is 33.8. The van der Waals surface area contributed by atoms with E-state index in [1.165, 1.54) is 27.8 Å². The number of aromatic nitrogens is 3. The van der Waals surface area contributed by atoms with E-state index in [2.05, 4.69) is 115 Å². The minimum atomic E-state index is -0.738. The molecule has 290 valence electrons. The van der Waals surface area contributed by atoms with E-state index in [1.54, 1.807) is 0 Å². The molecule has 1 aromatic heterocycles. The van der Waals surface area contributed by atoms with E-state index in [0.29, 0.717) is 28.6 Å². The molecule has 63 heavy (non-hydrogen) atoms. The van der Waals surface area contributed by atoms with Gasteiger partial charge in [-0.1, -0.05) is 158 Å². The van der Waals surface area contributed by atoms with Crippen molar-refractivity contribution >= 4 is 10.8 Å². The minimum absolute atomic E-state index is 0.601. The molecule has 2 aliphatic carbocycles. The Hall–Kier alpha value is -8.77. The second-order valence-corrected chi connectivity index (χ2v) is 16.1. The van der Waals surface area contributed by atoms with Crippen LogP contribution in [0.5, 0.6) is 0 Å². The van der Waals surface area contributed by atoms with Crippen molar-refractivity contribution in [1.82, 2.24) is 15.0 Å². The van der Waals surface area contributed by atoms with E-state index >= 15 is 0 Å². The summed E-state index contributed by atoms with van der Waals surface area (Å²) in [4.78, 5) is 15.6. The lowest BCUT2D eigenvalue weighted by Crippen LogP contribution is -2.26. The van der Waals surface area contributed by atoms with Crippen LogP contribution in [0.15, 0.2) is 200 Å². The molecular weight excluding hydrogens is 767 g/mol. The van der Waals surface area contributed by atoms with Crippen LogP contribution in [0.4, 0.5) is 0 Å². The van der Waals surface area contributed by atoms with Crippen molar-refractivity contribution in [3.63, 3.8) is 0 Å². The maximum Gasteiger partial charge on any atom is 0.164 e. The first kappa shape index (κ1) is 36.1. The summed E-state index contributed by atoms with van der Waals surface area (Å²) in [7, 11) is 0. The van der Waals surface area contributed by atoms with Gasteiger partial charge in [0.25, 0.3) is 0 Å². The molecule has 0 fully saturated rings. The molecular formula is C58H33N5. The van der Waals surface area contributed by atoms with Crippen LogP contribution in [0.3, 0.4) is 0 Å². The minimum Gasteiger partial charge on any atom is -0.208 e. The van der Waals surface area contributed by atoms with E-state index in [0.717, 1.165) is 66.4 Å². The Morgan fingerprint density at radius 1 is 0.317 bits per heavy atom. The Labute approximate surface area is 364 Å². The Bertz CT molecular complexity index is 3510. The summed E-state index contributed by atoms with van der Waals surface area (Å²) >= 11 is 0. The Morgan fingerprint density at radius 3 is 1.38 bits per heavy atom. The lowest BCUT2D eigenvalue weighted by atomic mass is 9.69. The van der Waals surface area contributed by atoms with Crippen molar-refractivity contribution in [2.24, 2.45) is 0 Å². The van der Waals surface area contributed by atoms with Crippen molar-refractivity contribution in [2.45, 2.75) is 5.41 Å². The van der Waals surface area contributed by atoms with Crippen LogP contribution in [0.25, 0.3) is 89.4 Å². The Kier molecular flexibility index (Phi) is 8.12. The zero-order valence-electron chi connectivity index (χ0n) is 33.8. The van der Waals surface area contributed by atoms with E-state index in [4.69, 9.17) is 15.0 Å².